The zero-order valence-corrected chi connectivity index (χ0v) is 20.4. The second-order valence-electron chi connectivity index (χ2n) is 7.88. The Morgan fingerprint density at radius 2 is 0.774 bits per heavy atom. The van der Waals surface area contributed by atoms with Crippen LogP contribution in [0.5, 0.6) is 0 Å². The van der Waals surface area contributed by atoms with E-state index in [1.54, 1.807) is 0 Å². The molecule has 0 saturated heterocycles. The average molecular weight is 417 g/mol. The molecule has 0 spiro atoms. The maximum atomic E-state index is 8.97. The molecule has 0 aromatic carbocycles. The molecule has 1 heteroatoms. The van der Waals surface area contributed by atoms with Crippen LogP contribution in [0.3, 0.4) is 0 Å². The third kappa shape index (κ3) is 18.8. The lowest BCUT2D eigenvalue weighted by molar-refractivity contribution is 0.331. The first-order chi connectivity index (χ1) is 14.7. The van der Waals surface area contributed by atoms with Gasteiger partial charge in [0.05, 0.1) is 6.61 Å². The Morgan fingerprint density at radius 3 is 1.13 bits per heavy atom. The summed E-state index contributed by atoms with van der Waals surface area (Å²) in [6, 6.07) is 0. The fraction of sp³-hybridized carbons (Fsp3) is 0.267. The van der Waals surface area contributed by atoms with Crippen molar-refractivity contribution in [3.63, 3.8) is 0 Å². The fourth-order valence-corrected chi connectivity index (χ4v) is 2.15. The van der Waals surface area contributed by atoms with Crippen molar-refractivity contribution in [2.24, 2.45) is 0 Å². The van der Waals surface area contributed by atoms with E-state index in [9.17, 15) is 0 Å². The van der Waals surface area contributed by atoms with E-state index in [0.29, 0.717) is 0 Å². The van der Waals surface area contributed by atoms with Crippen molar-refractivity contribution >= 4 is 0 Å². The first-order valence-corrected chi connectivity index (χ1v) is 10.7. The molecule has 0 unspecified atom stereocenters. The van der Waals surface area contributed by atoms with Crippen molar-refractivity contribution < 1.29 is 5.11 Å². The van der Waals surface area contributed by atoms with Crippen molar-refractivity contribution in [2.45, 2.75) is 48.5 Å². The van der Waals surface area contributed by atoms with E-state index in [1.807, 2.05) is 31.2 Å². The molecule has 0 atom stereocenters. The molecule has 0 amide bonds. The van der Waals surface area contributed by atoms with Gasteiger partial charge in [-0.15, -0.1) is 0 Å². The largest absolute Gasteiger partial charge is 0.392 e. The first-order valence-electron chi connectivity index (χ1n) is 10.7. The highest BCUT2D eigenvalue weighted by Crippen LogP contribution is 2.03. The number of hydrogen-bond acceptors (Lipinski definition) is 1. The Labute approximate surface area is 191 Å². The Bertz CT molecular complexity index is 865. The number of allylic oxidation sites excluding steroid dienone is 21. The lowest BCUT2D eigenvalue weighted by atomic mass is 10.2. The Morgan fingerprint density at radius 1 is 0.452 bits per heavy atom. The van der Waals surface area contributed by atoms with Crippen molar-refractivity contribution in [3.8, 4) is 0 Å². The highest BCUT2D eigenvalue weighted by Gasteiger charge is 1.83. The first kappa shape index (κ1) is 28.1. The molecule has 0 aliphatic carbocycles. The van der Waals surface area contributed by atoms with Crippen molar-refractivity contribution in [1.82, 2.24) is 0 Å². The summed E-state index contributed by atoms with van der Waals surface area (Å²) in [4.78, 5) is 0. The zero-order valence-electron chi connectivity index (χ0n) is 20.4. The van der Waals surface area contributed by atoms with Gasteiger partial charge >= 0.3 is 0 Å². The molecule has 1 N–H and O–H groups in total. The van der Waals surface area contributed by atoms with Gasteiger partial charge < -0.3 is 5.11 Å². The normalized spacial score (nSPS) is 15.5. The third-order valence-electron chi connectivity index (χ3n) is 4.04. The van der Waals surface area contributed by atoms with Crippen LogP contribution in [0.2, 0.25) is 0 Å². The maximum absolute atomic E-state index is 8.97. The quantitative estimate of drug-likeness (QED) is 0.335. The predicted molar refractivity (Wildman–Crippen MR) is 141 cm³/mol. The SMILES string of the molecule is CC(C)=C/C=C/C(C)=C/C=C/C(C)=C/C=C/C=C(C)/C=C/C=C(C)/C=C/C=C(\C)CO. The zero-order chi connectivity index (χ0) is 23.5. The molecule has 0 heterocycles. The molecule has 0 radical (unpaired) electrons. The molecule has 31 heavy (non-hydrogen) atoms. The molecule has 0 aliphatic heterocycles. The smallest absolute Gasteiger partial charge is 0.0642 e. The summed E-state index contributed by atoms with van der Waals surface area (Å²) in [5.74, 6) is 0. The van der Waals surface area contributed by atoms with Crippen LogP contribution >= 0.6 is 0 Å². The van der Waals surface area contributed by atoms with Crippen molar-refractivity contribution in [1.29, 1.82) is 0 Å². The van der Waals surface area contributed by atoms with Gasteiger partial charge in [-0.2, -0.15) is 0 Å². The molecule has 0 saturated carbocycles. The van der Waals surface area contributed by atoms with Crippen LogP contribution in [0.15, 0.2) is 131 Å². The van der Waals surface area contributed by atoms with Crippen molar-refractivity contribution in [3.05, 3.63) is 131 Å². The van der Waals surface area contributed by atoms with E-state index in [0.717, 1.165) is 11.1 Å². The number of aliphatic hydroxyl groups is 1. The number of aliphatic hydroxyl groups excluding tert-OH is 1. The molecule has 1 nitrogen and oxygen atoms in total. The summed E-state index contributed by atoms with van der Waals surface area (Å²) in [6.07, 6.45) is 33.0. The molecule has 0 aromatic heterocycles. The van der Waals surface area contributed by atoms with Crippen LogP contribution < -0.4 is 0 Å². The average Bonchev–Trinajstić information content (AvgIpc) is 2.70. The minimum Gasteiger partial charge on any atom is -0.392 e. The van der Waals surface area contributed by atoms with Crippen LogP contribution in [0.1, 0.15) is 48.5 Å². The van der Waals surface area contributed by atoms with Gasteiger partial charge in [0.1, 0.15) is 0 Å². The topological polar surface area (TPSA) is 20.2 Å². The molecule has 0 bridgehead atoms. The third-order valence-corrected chi connectivity index (χ3v) is 4.04. The van der Waals surface area contributed by atoms with Gasteiger partial charge in [-0.1, -0.05) is 125 Å². The van der Waals surface area contributed by atoms with E-state index in [4.69, 9.17) is 5.11 Å². The van der Waals surface area contributed by atoms with E-state index in [-0.39, 0.29) is 6.61 Å². The summed E-state index contributed by atoms with van der Waals surface area (Å²) in [5.41, 5.74) is 7.01. The number of rotatable bonds is 11. The van der Waals surface area contributed by atoms with Crippen LogP contribution in [-0.2, 0) is 0 Å². The Kier molecular flexibility index (Phi) is 16.2. The monoisotopic (exact) mass is 416 g/mol. The van der Waals surface area contributed by atoms with Gasteiger partial charge in [0.25, 0.3) is 0 Å². The van der Waals surface area contributed by atoms with E-state index in [2.05, 4.69) is 114 Å². The highest BCUT2D eigenvalue weighted by atomic mass is 16.3. The summed E-state index contributed by atoms with van der Waals surface area (Å²) >= 11 is 0. The van der Waals surface area contributed by atoms with Gasteiger partial charge in [0, 0.05) is 0 Å². The second-order valence-corrected chi connectivity index (χ2v) is 7.88. The van der Waals surface area contributed by atoms with Gasteiger partial charge in [-0.3, -0.25) is 0 Å². The minimum atomic E-state index is 0.0979. The highest BCUT2D eigenvalue weighted by molar-refractivity contribution is 5.32. The van der Waals surface area contributed by atoms with Crippen LogP contribution in [0.25, 0.3) is 0 Å². The van der Waals surface area contributed by atoms with E-state index in [1.165, 1.54) is 22.3 Å². The minimum absolute atomic E-state index is 0.0979. The number of hydrogen-bond donors (Lipinski definition) is 1. The Hall–Kier alpha value is -2.90. The van der Waals surface area contributed by atoms with E-state index >= 15 is 0 Å². The van der Waals surface area contributed by atoms with Crippen molar-refractivity contribution in [2.75, 3.05) is 6.61 Å². The van der Waals surface area contributed by atoms with Gasteiger partial charge in [0.15, 0.2) is 0 Å². The molecule has 0 fully saturated rings. The lowest BCUT2D eigenvalue weighted by Gasteiger charge is -1.91. The van der Waals surface area contributed by atoms with Gasteiger partial charge in [-0.25, -0.2) is 0 Å². The van der Waals surface area contributed by atoms with Crippen LogP contribution in [-0.4, -0.2) is 11.7 Å². The summed E-state index contributed by atoms with van der Waals surface area (Å²) in [6.45, 7) is 14.5. The molecular weight excluding hydrogens is 376 g/mol. The lowest BCUT2D eigenvalue weighted by Crippen LogP contribution is -1.81. The summed E-state index contributed by atoms with van der Waals surface area (Å²) in [5, 5.41) is 8.97. The second kappa shape index (κ2) is 17.9. The molecule has 0 rings (SSSR count). The van der Waals surface area contributed by atoms with Crippen LogP contribution in [0.4, 0.5) is 0 Å². The summed E-state index contributed by atoms with van der Waals surface area (Å²) < 4.78 is 0. The van der Waals surface area contributed by atoms with Crippen LogP contribution in [0, 0.1) is 0 Å². The molecule has 0 aliphatic rings. The van der Waals surface area contributed by atoms with Gasteiger partial charge in [0.2, 0.25) is 0 Å². The fourth-order valence-electron chi connectivity index (χ4n) is 2.15. The molecular formula is C30H40O. The maximum Gasteiger partial charge on any atom is 0.0642 e. The molecule has 166 valence electrons. The Balaban J connectivity index is 4.69. The predicted octanol–water partition coefficient (Wildman–Crippen LogP) is 8.46. The van der Waals surface area contributed by atoms with Gasteiger partial charge in [-0.05, 0) is 54.0 Å². The molecule has 0 aromatic rings. The summed E-state index contributed by atoms with van der Waals surface area (Å²) in [7, 11) is 0. The standard InChI is InChI=1S/C30H40O/c1-25(2)14-10-17-28(5)20-11-18-26(3)15-8-9-16-27(4)19-12-21-29(6)22-13-23-30(7)24-31/h8-23,31H,24H2,1-7H3/b9-8+,17-10+,18-11+,19-12+,22-13+,26-15+,27-16+,28-20+,29-21+,30-23+. The van der Waals surface area contributed by atoms with E-state index < -0.39 is 0 Å².